The van der Waals surface area contributed by atoms with Gasteiger partial charge in [0.15, 0.2) is 0 Å². The second-order valence-corrected chi connectivity index (χ2v) is 6.06. The summed E-state index contributed by atoms with van der Waals surface area (Å²) in [6, 6.07) is 6.83. The fraction of sp³-hybridized carbons (Fsp3) is 0.579. The fourth-order valence-electron chi connectivity index (χ4n) is 3.48. The molecule has 1 aromatic rings. The molecule has 0 saturated heterocycles. The van der Waals surface area contributed by atoms with Crippen LogP contribution in [0.1, 0.15) is 62.5 Å². The molecule has 0 bridgehead atoms. The van der Waals surface area contributed by atoms with Crippen LogP contribution in [0.3, 0.4) is 0 Å². The van der Waals surface area contributed by atoms with Crippen LogP contribution >= 0.6 is 0 Å². The van der Waals surface area contributed by atoms with E-state index in [9.17, 15) is 0 Å². The third-order valence-corrected chi connectivity index (χ3v) is 4.64. The van der Waals surface area contributed by atoms with E-state index in [0.29, 0.717) is 0 Å². The molecular formula is C19H28O. The predicted octanol–water partition coefficient (Wildman–Crippen LogP) is 5.50. The van der Waals surface area contributed by atoms with Crippen molar-refractivity contribution in [2.24, 2.45) is 5.92 Å². The second-order valence-electron chi connectivity index (χ2n) is 6.06. The topological polar surface area (TPSA) is 9.23 Å². The van der Waals surface area contributed by atoms with Gasteiger partial charge in [0.1, 0.15) is 5.75 Å². The molecule has 1 fully saturated rings. The molecule has 0 aliphatic heterocycles. The normalized spacial score (nSPS) is 22.5. The molecule has 1 aromatic carbocycles. The molecule has 1 heteroatoms. The first-order chi connectivity index (χ1) is 9.78. The standard InChI is InChI=1S/C19H28O/c1-4-6-15-8-10-16(11-9-15)17-12-13-19(20-3)18(14-17)7-5-2/h4,12-16H,1,5-11H2,2-3H3/t15-,16-. The van der Waals surface area contributed by atoms with Crippen molar-refractivity contribution < 1.29 is 4.74 Å². The molecule has 0 aromatic heterocycles. The van der Waals surface area contributed by atoms with E-state index in [4.69, 9.17) is 4.74 Å². The predicted molar refractivity (Wildman–Crippen MR) is 86.5 cm³/mol. The molecule has 0 spiro atoms. The Kier molecular flexibility index (Phi) is 5.70. The summed E-state index contributed by atoms with van der Waals surface area (Å²) < 4.78 is 5.48. The summed E-state index contributed by atoms with van der Waals surface area (Å²) in [5.74, 6) is 2.67. The van der Waals surface area contributed by atoms with Gasteiger partial charge in [-0.25, -0.2) is 0 Å². The zero-order chi connectivity index (χ0) is 14.4. The molecule has 0 amide bonds. The van der Waals surface area contributed by atoms with E-state index in [-0.39, 0.29) is 0 Å². The Balaban J connectivity index is 2.06. The van der Waals surface area contributed by atoms with Gasteiger partial charge in [-0.1, -0.05) is 31.6 Å². The average Bonchev–Trinajstić information content (AvgIpc) is 2.49. The largest absolute Gasteiger partial charge is 0.496 e. The van der Waals surface area contributed by atoms with Crippen LogP contribution in [0.5, 0.6) is 5.75 Å². The van der Waals surface area contributed by atoms with E-state index in [2.05, 4.69) is 37.8 Å². The highest BCUT2D eigenvalue weighted by atomic mass is 16.5. The molecule has 110 valence electrons. The Morgan fingerprint density at radius 3 is 2.60 bits per heavy atom. The van der Waals surface area contributed by atoms with E-state index in [1.807, 2.05) is 0 Å². The number of hydrogen-bond donors (Lipinski definition) is 0. The molecule has 1 saturated carbocycles. The first kappa shape index (κ1) is 15.2. The van der Waals surface area contributed by atoms with Crippen molar-refractivity contribution in [1.82, 2.24) is 0 Å². The lowest BCUT2D eigenvalue weighted by Crippen LogP contribution is -2.13. The number of aryl methyl sites for hydroxylation is 1. The van der Waals surface area contributed by atoms with E-state index in [1.54, 1.807) is 7.11 Å². The average molecular weight is 272 g/mol. The summed E-state index contributed by atoms with van der Waals surface area (Å²) in [6.07, 6.45) is 10.9. The summed E-state index contributed by atoms with van der Waals surface area (Å²) in [4.78, 5) is 0. The van der Waals surface area contributed by atoms with Gasteiger partial charge in [0, 0.05) is 0 Å². The van der Waals surface area contributed by atoms with Crippen LogP contribution in [-0.2, 0) is 6.42 Å². The van der Waals surface area contributed by atoms with Crippen LogP contribution in [0.2, 0.25) is 0 Å². The summed E-state index contributed by atoms with van der Waals surface area (Å²) in [5, 5.41) is 0. The van der Waals surface area contributed by atoms with Gasteiger partial charge in [-0.3, -0.25) is 0 Å². The first-order valence-electron chi connectivity index (χ1n) is 8.06. The van der Waals surface area contributed by atoms with E-state index >= 15 is 0 Å². The maximum atomic E-state index is 5.48. The second kappa shape index (κ2) is 7.52. The highest BCUT2D eigenvalue weighted by Gasteiger charge is 2.22. The van der Waals surface area contributed by atoms with Crippen LogP contribution in [0.4, 0.5) is 0 Å². The minimum atomic E-state index is 0.748. The maximum Gasteiger partial charge on any atom is 0.122 e. The van der Waals surface area contributed by atoms with Gasteiger partial charge in [0.2, 0.25) is 0 Å². The highest BCUT2D eigenvalue weighted by Crippen LogP contribution is 2.38. The molecule has 0 N–H and O–H groups in total. The molecule has 1 nitrogen and oxygen atoms in total. The zero-order valence-electron chi connectivity index (χ0n) is 13.0. The van der Waals surface area contributed by atoms with Crippen molar-refractivity contribution in [3.63, 3.8) is 0 Å². The molecule has 1 aliphatic carbocycles. The van der Waals surface area contributed by atoms with E-state index < -0.39 is 0 Å². The van der Waals surface area contributed by atoms with Gasteiger partial charge < -0.3 is 4.74 Å². The monoisotopic (exact) mass is 272 g/mol. The summed E-state index contributed by atoms with van der Waals surface area (Å²) >= 11 is 0. The third kappa shape index (κ3) is 3.65. The molecule has 0 radical (unpaired) electrons. The van der Waals surface area contributed by atoms with E-state index in [1.165, 1.54) is 49.7 Å². The number of hydrogen-bond acceptors (Lipinski definition) is 1. The molecule has 20 heavy (non-hydrogen) atoms. The van der Waals surface area contributed by atoms with Crippen molar-refractivity contribution in [1.29, 1.82) is 0 Å². The lowest BCUT2D eigenvalue weighted by molar-refractivity contribution is 0.328. The van der Waals surface area contributed by atoms with Crippen LogP contribution in [0, 0.1) is 5.92 Å². The highest BCUT2D eigenvalue weighted by molar-refractivity contribution is 5.39. The Morgan fingerprint density at radius 1 is 1.25 bits per heavy atom. The molecule has 1 aliphatic rings. The molecular weight excluding hydrogens is 244 g/mol. The maximum absolute atomic E-state index is 5.48. The lowest BCUT2D eigenvalue weighted by Gasteiger charge is -2.28. The third-order valence-electron chi connectivity index (χ3n) is 4.64. The SMILES string of the molecule is C=CC[C@H]1CC[C@H](c2ccc(OC)c(CCC)c2)CC1. The van der Waals surface area contributed by atoms with Crippen molar-refractivity contribution in [3.05, 3.63) is 42.0 Å². The van der Waals surface area contributed by atoms with Crippen LogP contribution in [0.15, 0.2) is 30.9 Å². The lowest BCUT2D eigenvalue weighted by atomic mass is 9.77. The minimum absolute atomic E-state index is 0.748. The smallest absolute Gasteiger partial charge is 0.122 e. The summed E-state index contributed by atoms with van der Waals surface area (Å²) in [6.45, 7) is 6.10. The Hall–Kier alpha value is -1.24. The number of allylic oxidation sites excluding steroid dienone is 1. The fourth-order valence-corrected chi connectivity index (χ4v) is 3.48. The Morgan fingerprint density at radius 2 is 2.00 bits per heavy atom. The first-order valence-corrected chi connectivity index (χ1v) is 8.06. The van der Waals surface area contributed by atoms with Gasteiger partial charge in [-0.2, -0.15) is 0 Å². The van der Waals surface area contributed by atoms with Gasteiger partial charge in [-0.15, -0.1) is 6.58 Å². The van der Waals surface area contributed by atoms with Crippen LogP contribution < -0.4 is 4.74 Å². The van der Waals surface area contributed by atoms with Crippen LogP contribution in [0.25, 0.3) is 0 Å². The quantitative estimate of drug-likeness (QED) is 0.621. The molecule has 2 rings (SSSR count). The molecule has 0 unspecified atom stereocenters. The van der Waals surface area contributed by atoms with Gasteiger partial charge >= 0.3 is 0 Å². The molecule has 0 atom stereocenters. The summed E-state index contributed by atoms with van der Waals surface area (Å²) in [7, 11) is 1.77. The van der Waals surface area contributed by atoms with Crippen molar-refractivity contribution >= 4 is 0 Å². The zero-order valence-corrected chi connectivity index (χ0v) is 13.0. The Labute approximate surface area is 124 Å². The molecule has 0 heterocycles. The minimum Gasteiger partial charge on any atom is -0.496 e. The van der Waals surface area contributed by atoms with Crippen molar-refractivity contribution in [2.75, 3.05) is 7.11 Å². The van der Waals surface area contributed by atoms with Crippen molar-refractivity contribution in [2.45, 2.75) is 57.8 Å². The summed E-state index contributed by atoms with van der Waals surface area (Å²) in [5.41, 5.74) is 2.90. The number of ether oxygens (including phenoxy) is 1. The number of benzene rings is 1. The van der Waals surface area contributed by atoms with Gasteiger partial charge in [-0.05, 0) is 67.6 Å². The Bertz CT molecular complexity index is 427. The van der Waals surface area contributed by atoms with Gasteiger partial charge in [0.25, 0.3) is 0 Å². The van der Waals surface area contributed by atoms with Crippen LogP contribution in [-0.4, -0.2) is 7.11 Å². The number of rotatable bonds is 6. The van der Waals surface area contributed by atoms with E-state index in [0.717, 1.165) is 24.0 Å². The van der Waals surface area contributed by atoms with Gasteiger partial charge in [0.05, 0.1) is 7.11 Å². The van der Waals surface area contributed by atoms with Crippen molar-refractivity contribution in [3.8, 4) is 5.75 Å². The number of methoxy groups -OCH3 is 1.